The summed E-state index contributed by atoms with van der Waals surface area (Å²) in [5.41, 5.74) is 4.00. The molecule has 0 saturated carbocycles. The molecule has 1 aliphatic heterocycles. The van der Waals surface area contributed by atoms with Crippen molar-refractivity contribution in [3.63, 3.8) is 0 Å². The smallest absolute Gasteiger partial charge is 0.188 e. The van der Waals surface area contributed by atoms with Crippen molar-refractivity contribution < 1.29 is 4.57 Å². The Balaban J connectivity index is 2.22. The highest BCUT2D eigenvalue weighted by Gasteiger charge is 2.64. The van der Waals surface area contributed by atoms with E-state index in [1.807, 2.05) is 18.3 Å². The molecule has 0 saturated heterocycles. The van der Waals surface area contributed by atoms with Crippen molar-refractivity contribution in [1.82, 2.24) is 4.98 Å². The van der Waals surface area contributed by atoms with E-state index in [2.05, 4.69) is 75.5 Å². The average Bonchev–Trinajstić information content (AvgIpc) is 2.56. The minimum absolute atomic E-state index is 0.0661. The lowest BCUT2D eigenvalue weighted by molar-refractivity contribution is -0.760. The SMILES string of the molecule is CC1(C)c2ccc(-c3ccccn3)c[n+]2C(C)(C)C1(C)C. The van der Waals surface area contributed by atoms with Crippen molar-refractivity contribution in [3.05, 3.63) is 48.4 Å². The number of nitrogens with zero attached hydrogens (tertiary/aromatic N) is 2. The molecule has 0 aliphatic carbocycles. The fourth-order valence-corrected chi connectivity index (χ4v) is 3.54. The van der Waals surface area contributed by atoms with Crippen LogP contribution < -0.4 is 4.57 Å². The largest absolute Gasteiger partial charge is 0.256 e. The number of hydrogen-bond donors (Lipinski definition) is 0. The Bertz CT molecular complexity index is 682. The van der Waals surface area contributed by atoms with Gasteiger partial charge in [0.2, 0.25) is 0 Å². The molecule has 0 N–H and O–H groups in total. The molecule has 0 radical (unpaired) electrons. The molecule has 110 valence electrons. The fraction of sp³-hybridized carbons (Fsp3) is 0.474. The van der Waals surface area contributed by atoms with E-state index in [1.54, 1.807) is 0 Å². The van der Waals surface area contributed by atoms with Crippen molar-refractivity contribution in [2.75, 3.05) is 0 Å². The topological polar surface area (TPSA) is 16.8 Å². The van der Waals surface area contributed by atoms with E-state index in [0.717, 1.165) is 5.69 Å². The summed E-state index contributed by atoms with van der Waals surface area (Å²) in [7, 11) is 0. The van der Waals surface area contributed by atoms with Crippen molar-refractivity contribution >= 4 is 0 Å². The molecule has 0 spiro atoms. The van der Waals surface area contributed by atoms with Crippen LogP contribution in [0.3, 0.4) is 0 Å². The molecule has 0 bridgehead atoms. The summed E-state index contributed by atoms with van der Waals surface area (Å²) in [5, 5.41) is 0. The van der Waals surface area contributed by atoms with Crippen LogP contribution in [-0.2, 0) is 11.0 Å². The van der Waals surface area contributed by atoms with Gasteiger partial charge in [0.1, 0.15) is 0 Å². The summed E-state index contributed by atoms with van der Waals surface area (Å²) in [6, 6.07) is 10.5. The molecule has 2 nitrogen and oxygen atoms in total. The second-order valence-corrected chi connectivity index (χ2v) is 7.70. The predicted molar refractivity (Wildman–Crippen MR) is 86.0 cm³/mol. The molecule has 2 aromatic heterocycles. The molecule has 0 fully saturated rings. The molecule has 2 heteroatoms. The standard InChI is InChI=1S/C19H25N2/c1-17(2)16-11-10-14(15-9-7-8-12-20-15)13-21(16)19(5,6)18(17,3)4/h7-13H,1-6H3/q+1. The first-order chi connectivity index (χ1) is 9.69. The molecule has 0 atom stereocenters. The Morgan fingerprint density at radius 2 is 1.62 bits per heavy atom. The second-order valence-electron chi connectivity index (χ2n) is 7.70. The highest BCUT2D eigenvalue weighted by molar-refractivity contribution is 5.56. The van der Waals surface area contributed by atoms with Gasteiger partial charge in [0.25, 0.3) is 0 Å². The lowest BCUT2D eigenvalue weighted by Gasteiger charge is -2.37. The van der Waals surface area contributed by atoms with Crippen molar-refractivity contribution in [1.29, 1.82) is 0 Å². The third-order valence-electron chi connectivity index (χ3n) is 6.24. The van der Waals surface area contributed by atoms with Gasteiger partial charge in [-0.25, -0.2) is 0 Å². The summed E-state index contributed by atoms with van der Waals surface area (Å²) < 4.78 is 2.46. The van der Waals surface area contributed by atoms with E-state index in [9.17, 15) is 0 Å². The zero-order valence-corrected chi connectivity index (χ0v) is 13.9. The van der Waals surface area contributed by atoms with Gasteiger partial charge in [-0.05, 0) is 32.0 Å². The van der Waals surface area contributed by atoms with E-state index in [-0.39, 0.29) is 16.4 Å². The number of fused-ring (bicyclic) bond motifs is 1. The third kappa shape index (κ3) is 1.71. The van der Waals surface area contributed by atoms with Gasteiger partial charge < -0.3 is 0 Å². The van der Waals surface area contributed by atoms with Gasteiger partial charge in [-0.15, -0.1) is 0 Å². The maximum Gasteiger partial charge on any atom is 0.188 e. The van der Waals surface area contributed by atoms with E-state index in [1.165, 1.54) is 11.3 Å². The first-order valence-electron chi connectivity index (χ1n) is 7.68. The van der Waals surface area contributed by atoms with Crippen molar-refractivity contribution in [3.8, 4) is 11.3 Å². The Labute approximate surface area is 127 Å². The van der Waals surface area contributed by atoms with Crippen LogP contribution in [0, 0.1) is 5.41 Å². The van der Waals surface area contributed by atoms with Gasteiger partial charge in [-0.1, -0.05) is 19.9 Å². The van der Waals surface area contributed by atoms with Crippen LogP contribution in [0.25, 0.3) is 11.3 Å². The van der Waals surface area contributed by atoms with Gasteiger partial charge in [0, 0.05) is 31.5 Å². The molecule has 1 aliphatic rings. The lowest BCUT2D eigenvalue weighted by Crippen LogP contribution is -2.56. The highest BCUT2D eigenvalue weighted by Crippen LogP contribution is 2.53. The summed E-state index contributed by atoms with van der Waals surface area (Å²) in [6.45, 7) is 14.1. The maximum absolute atomic E-state index is 4.48. The van der Waals surface area contributed by atoms with E-state index < -0.39 is 0 Å². The molecule has 21 heavy (non-hydrogen) atoms. The van der Waals surface area contributed by atoms with Crippen LogP contribution >= 0.6 is 0 Å². The Kier molecular flexibility index (Phi) is 2.82. The van der Waals surface area contributed by atoms with Gasteiger partial charge in [0.05, 0.1) is 16.7 Å². The Hall–Kier alpha value is -1.70. The zero-order valence-electron chi connectivity index (χ0n) is 13.9. The molecule has 3 heterocycles. The van der Waals surface area contributed by atoms with E-state index in [4.69, 9.17) is 0 Å². The minimum atomic E-state index is 0.0661. The van der Waals surface area contributed by atoms with E-state index >= 15 is 0 Å². The number of hydrogen-bond acceptors (Lipinski definition) is 1. The maximum atomic E-state index is 4.48. The fourth-order valence-electron chi connectivity index (χ4n) is 3.54. The minimum Gasteiger partial charge on any atom is -0.256 e. The first kappa shape index (κ1) is 14.2. The predicted octanol–water partition coefficient (Wildman–Crippen LogP) is 4.09. The average molecular weight is 281 g/mol. The molecule has 0 aromatic carbocycles. The van der Waals surface area contributed by atoms with Crippen molar-refractivity contribution in [2.24, 2.45) is 5.41 Å². The highest BCUT2D eigenvalue weighted by atomic mass is 15.1. The molecule has 0 unspecified atom stereocenters. The summed E-state index contributed by atoms with van der Waals surface area (Å²) in [4.78, 5) is 4.48. The normalized spacial score (nSPS) is 21.0. The van der Waals surface area contributed by atoms with E-state index in [0.29, 0.717) is 0 Å². The van der Waals surface area contributed by atoms with Gasteiger partial charge in [0.15, 0.2) is 17.4 Å². The molecular weight excluding hydrogens is 256 g/mol. The van der Waals surface area contributed by atoms with Crippen molar-refractivity contribution in [2.45, 2.75) is 52.5 Å². The monoisotopic (exact) mass is 281 g/mol. The molecule has 2 aromatic rings. The quantitative estimate of drug-likeness (QED) is 0.719. The number of rotatable bonds is 1. The van der Waals surface area contributed by atoms with Crippen LogP contribution in [-0.4, -0.2) is 4.98 Å². The summed E-state index contributed by atoms with van der Waals surface area (Å²) in [6.07, 6.45) is 4.13. The number of aromatic nitrogens is 2. The van der Waals surface area contributed by atoms with Crippen LogP contribution in [0.1, 0.15) is 47.2 Å². The summed E-state index contributed by atoms with van der Waals surface area (Å²) >= 11 is 0. The van der Waals surface area contributed by atoms with Crippen LogP contribution in [0.4, 0.5) is 0 Å². The first-order valence-corrected chi connectivity index (χ1v) is 7.68. The van der Waals surface area contributed by atoms with Crippen LogP contribution in [0.15, 0.2) is 42.7 Å². The molecular formula is C19H25N2+. The molecule has 0 amide bonds. The van der Waals surface area contributed by atoms with Gasteiger partial charge in [-0.3, -0.25) is 4.98 Å². The van der Waals surface area contributed by atoms with Crippen LogP contribution in [0.2, 0.25) is 0 Å². The zero-order chi connectivity index (χ0) is 15.5. The van der Waals surface area contributed by atoms with Crippen LogP contribution in [0.5, 0.6) is 0 Å². The summed E-state index contributed by atoms with van der Waals surface area (Å²) in [5.74, 6) is 0. The van der Waals surface area contributed by atoms with Gasteiger partial charge >= 0.3 is 0 Å². The lowest BCUT2D eigenvalue weighted by atomic mass is 9.61. The third-order valence-corrected chi connectivity index (χ3v) is 6.24. The Morgan fingerprint density at radius 1 is 0.905 bits per heavy atom. The molecule has 3 rings (SSSR count). The Morgan fingerprint density at radius 3 is 2.24 bits per heavy atom. The number of pyridine rings is 2. The van der Waals surface area contributed by atoms with Gasteiger partial charge in [-0.2, -0.15) is 4.57 Å². The second kappa shape index (κ2) is 4.16.